The zero-order valence-electron chi connectivity index (χ0n) is 30.8. The summed E-state index contributed by atoms with van der Waals surface area (Å²) in [5.41, 5.74) is 3.82. The first-order valence-electron chi connectivity index (χ1n) is 15.1. The Morgan fingerprint density at radius 3 is 1.82 bits per heavy atom. The SMILES string of the molecule is Cc1c(N=c2nc(Nc3ccc(S(=O)(=O)O)cc3)nc(Cl)[nH]2)c(C)c(S(=O)(=O)O)c(C)c1Nc1cc(S(=O)(=O)O)c(N)c2c1C(=O)c1ccccc1C2=O.[Na].[Na].[Na]. The summed E-state index contributed by atoms with van der Waals surface area (Å²) in [6, 6.07) is 11.4. The van der Waals surface area contributed by atoms with Gasteiger partial charge in [-0.2, -0.15) is 35.2 Å². The van der Waals surface area contributed by atoms with E-state index in [1.165, 1.54) is 57.2 Å². The molecule has 0 spiro atoms. The molecule has 3 radical (unpaired) electrons. The molecule has 6 rings (SSSR count). The third-order valence-corrected chi connectivity index (χ3v) is 11.5. The second-order valence-electron chi connectivity index (χ2n) is 11.8. The molecule has 0 bridgehead atoms. The molecule has 5 aromatic rings. The number of hydrogen-bond acceptors (Lipinski definition) is 14. The number of nitrogens with zero attached hydrogens (tertiary/aromatic N) is 3. The van der Waals surface area contributed by atoms with Crippen molar-refractivity contribution in [1.82, 2.24) is 15.0 Å². The topological polar surface area (TPSA) is 301 Å². The predicted molar refractivity (Wildman–Crippen MR) is 211 cm³/mol. The number of fused-ring (bicyclic) bond motifs is 2. The molecule has 1 aromatic heterocycles. The van der Waals surface area contributed by atoms with Crippen molar-refractivity contribution in [2.24, 2.45) is 4.99 Å². The number of aromatic nitrogens is 3. The van der Waals surface area contributed by atoms with Gasteiger partial charge in [0.15, 0.2) is 11.6 Å². The van der Waals surface area contributed by atoms with Gasteiger partial charge in [0.2, 0.25) is 16.9 Å². The third-order valence-electron chi connectivity index (χ3n) is 8.39. The maximum atomic E-state index is 13.9. The Labute approximate surface area is 396 Å². The van der Waals surface area contributed by atoms with Gasteiger partial charge in [-0.25, -0.2) is 4.99 Å². The van der Waals surface area contributed by atoms with Crippen LogP contribution in [0.3, 0.4) is 0 Å². The van der Waals surface area contributed by atoms with Crippen molar-refractivity contribution in [3.63, 3.8) is 0 Å². The second-order valence-corrected chi connectivity index (χ2v) is 16.3. The van der Waals surface area contributed by atoms with E-state index >= 15 is 0 Å². The summed E-state index contributed by atoms with van der Waals surface area (Å²) >= 11 is 6.20. The second kappa shape index (κ2) is 18.0. The number of H-pyrrole nitrogens is 1. The summed E-state index contributed by atoms with van der Waals surface area (Å²) < 4.78 is 103. The molecule has 0 atom stereocenters. The molecule has 1 heterocycles. The van der Waals surface area contributed by atoms with Crippen LogP contribution in [-0.2, 0) is 30.4 Å². The molecule has 18 nitrogen and oxygen atoms in total. The molecule has 0 saturated heterocycles. The molecule has 1 aliphatic rings. The van der Waals surface area contributed by atoms with E-state index in [4.69, 9.17) is 17.3 Å². The Balaban J connectivity index is 0.00000290. The van der Waals surface area contributed by atoms with Crippen LogP contribution >= 0.6 is 11.6 Å². The van der Waals surface area contributed by atoms with Gasteiger partial charge in [0.1, 0.15) is 9.79 Å². The number of rotatable bonds is 8. The van der Waals surface area contributed by atoms with Gasteiger partial charge in [-0.15, -0.1) is 0 Å². The minimum atomic E-state index is -5.10. The van der Waals surface area contributed by atoms with Crippen LogP contribution in [0.25, 0.3) is 0 Å². The van der Waals surface area contributed by atoms with Crippen LogP contribution < -0.4 is 22.0 Å². The molecule has 283 valence electrons. The molecule has 0 saturated carbocycles. The number of halogens is 1. The summed E-state index contributed by atoms with van der Waals surface area (Å²) in [5, 5.41) is 5.37. The van der Waals surface area contributed by atoms with Gasteiger partial charge in [-0.05, 0) is 79.4 Å². The number of nitrogen functional groups attached to an aromatic ring is 1. The van der Waals surface area contributed by atoms with Crippen LogP contribution in [0.2, 0.25) is 5.28 Å². The van der Waals surface area contributed by atoms with Crippen molar-refractivity contribution < 1.29 is 48.5 Å². The fourth-order valence-electron chi connectivity index (χ4n) is 6.09. The van der Waals surface area contributed by atoms with Crippen LogP contribution in [0.15, 0.2) is 74.3 Å². The van der Waals surface area contributed by atoms with Gasteiger partial charge in [-0.3, -0.25) is 28.2 Å². The van der Waals surface area contributed by atoms with Crippen LogP contribution in [0.1, 0.15) is 48.5 Å². The molecular weight excluding hydrogens is 859 g/mol. The van der Waals surface area contributed by atoms with E-state index in [9.17, 15) is 48.5 Å². The quantitative estimate of drug-likeness (QED) is 0.0656. The molecule has 1 aliphatic carbocycles. The van der Waals surface area contributed by atoms with E-state index < -0.39 is 63.0 Å². The predicted octanol–water partition coefficient (Wildman–Crippen LogP) is 3.06. The number of hydrogen-bond donors (Lipinski definition) is 7. The Hall–Kier alpha value is -2.55. The van der Waals surface area contributed by atoms with E-state index in [0.717, 1.165) is 18.2 Å². The number of benzene rings is 4. The molecule has 4 aromatic carbocycles. The first kappa shape index (κ1) is 48.8. The van der Waals surface area contributed by atoms with Crippen molar-refractivity contribution in [3.8, 4) is 0 Å². The maximum Gasteiger partial charge on any atom is 0.296 e. The van der Waals surface area contributed by atoms with Gasteiger partial charge in [0.05, 0.1) is 33.1 Å². The smallest absolute Gasteiger partial charge is 0.296 e. The Bertz CT molecular complexity index is 2910. The van der Waals surface area contributed by atoms with Gasteiger partial charge in [0, 0.05) is 111 Å². The van der Waals surface area contributed by atoms with E-state index in [1.54, 1.807) is 0 Å². The number of carbonyl (C=O) groups excluding carboxylic acids is 2. The zero-order chi connectivity index (χ0) is 39.7. The van der Waals surface area contributed by atoms with Crippen LogP contribution in [0, 0.1) is 20.8 Å². The Kier molecular flexibility index (Phi) is 15.4. The molecule has 0 fully saturated rings. The number of carbonyl (C=O) groups is 2. The average Bonchev–Trinajstić information content (AvgIpc) is 3.06. The van der Waals surface area contributed by atoms with Crippen molar-refractivity contribution in [1.29, 1.82) is 0 Å². The maximum absolute atomic E-state index is 13.9. The van der Waals surface area contributed by atoms with Gasteiger partial charge < -0.3 is 16.4 Å². The molecule has 25 heteroatoms. The molecular formula is C32H26ClN7Na3O11S3. The fourth-order valence-corrected chi connectivity index (χ4v) is 8.35. The van der Waals surface area contributed by atoms with Crippen LogP contribution in [0.5, 0.6) is 0 Å². The van der Waals surface area contributed by atoms with Gasteiger partial charge in [-0.1, -0.05) is 24.3 Å². The van der Waals surface area contributed by atoms with Gasteiger partial charge in [0.25, 0.3) is 30.4 Å². The fraction of sp³-hybridized carbons (Fsp3) is 0.0938. The standard InChI is InChI=1S/C32H26ClN7O11S3.3Na/c1-13-25(36-20-12-21(53(46,47)48)24(34)23-22(20)27(41)18-6-4-5-7-19(18)28(23)42)14(2)29(54(49,50)51)15(3)26(13)37-32-39-30(33)38-31(40-32)35-16-8-10-17(11-9-16)52(43,44)45;;;/h4-12,36H,34H2,1-3H3,(H,43,44,45)(H,46,47,48)(H,49,50,51)(H2,35,37,38,39,40);;;. The number of nitrogens with two attached hydrogens (primary N) is 1. The van der Waals surface area contributed by atoms with Crippen molar-refractivity contribution in [2.75, 3.05) is 16.4 Å². The normalized spacial score (nSPS) is 12.7. The first-order chi connectivity index (χ1) is 25.1. The van der Waals surface area contributed by atoms with Crippen molar-refractivity contribution in [2.45, 2.75) is 35.5 Å². The summed E-state index contributed by atoms with van der Waals surface area (Å²) in [4.78, 5) is 41.0. The monoisotopic (exact) mass is 884 g/mol. The van der Waals surface area contributed by atoms with Crippen molar-refractivity contribution in [3.05, 3.63) is 104 Å². The first-order valence-corrected chi connectivity index (χ1v) is 19.8. The summed E-state index contributed by atoms with van der Waals surface area (Å²) in [6.07, 6.45) is 0. The summed E-state index contributed by atoms with van der Waals surface area (Å²) in [6.45, 7) is 4.13. The average molecular weight is 885 g/mol. The number of aromatic amines is 1. The van der Waals surface area contributed by atoms with E-state index in [-0.39, 0.29) is 167 Å². The molecule has 0 amide bonds. The van der Waals surface area contributed by atoms with Crippen molar-refractivity contribution >= 4 is 177 Å². The van der Waals surface area contributed by atoms with Gasteiger partial charge >= 0.3 is 0 Å². The number of nitrogens with one attached hydrogen (secondary N) is 3. The molecule has 0 aliphatic heterocycles. The Morgan fingerprint density at radius 2 is 1.30 bits per heavy atom. The van der Waals surface area contributed by atoms with E-state index in [1.807, 2.05) is 0 Å². The minimum absolute atomic E-state index is 0. The minimum Gasteiger partial charge on any atom is -0.397 e. The zero-order valence-corrected chi connectivity index (χ0v) is 40.0. The molecule has 57 heavy (non-hydrogen) atoms. The third kappa shape index (κ3) is 9.75. The Morgan fingerprint density at radius 1 is 0.737 bits per heavy atom. The number of anilines is 5. The summed E-state index contributed by atoms with van der Waals surface area (Å²) in [5.74, 6) is -1.72. The summed E-state index contributed by atoms with van der Waals surface area (Å²) in [7, 11) is -14.6. The van der Waals surface area contributed by atoms with Crippen LogP contribution in [-0.4, -0.2) is 154 Å². The molecule has 8 N–H and O–H groups in total. The molecule has 0 unspecified atom stereocenters. The van der Waals surface area contributed by atoms with E-state index in [2.05, 4.69) is 30.6 Å². The largest absolute Gasteiger partial charge is 0.397 e. The van der Waals surface area contributed by atoms with E-state index in [0.29, 0.717) is 0 Å². The van der Waals surface area contributed by atoms with Crippen LogP contribution in [0.4, 0.5) is 34.4 Å². The number of ketones is 2.